The Morgan fingerprint density at radius 2 is 1.89 bits per heavy atom. The van der Waals surface area contributed by atoms with E-state index in [0.29, 0.717) is 34.7 Å². The first kappa shape index (κ1) is 18.7. The van der Waals surface area contributed by atoms with E-state index in [4.69, 9.17) is 9.47 Å². The highest BCUT2D eigenvalue weighted by Crippen LogP contribution is 2.29. The smallest absolute Gasteiger partial charge is 0.270 e. The lowest BCUT2D eigenvalue weighted by Crippen LogP contribution is -2.24. The predicted octanol–water partition coefficient (Wildman–Crippen LogP) is 3.80. The highest BCUT2D eigenvalue weighted by atomic mass is 32.1. The van der Waals surface area contributed by atoms with E-state index in [2.05, 4.69) is 5.32 Å². The second-order valence-electron chi connectivity index (χ2n) is 5.79. The standard InChI is InChI=1S/C19H18N2O5S/c1-25-15-5-3-12(9-16(15)26-2)7-8-20-19(22)18-11-13-10-14(21(23)24)4-6-17(13)27-18/h3-6,9-11H,7-8H2,1-2H3,(H,20,22). The number of hydrogen-bond acceptors (Lipinski definition) is 6. The van der Waals surface area contributed by atoms with Crippen LogP contribution in [0.5, 0.6) is 11.5 Å². The van der Waals surface area contributed by atoms with Gasteiger partial charge in [0.25, 0.3) is 11.6 Å². The molecule has 0 radical (unpaired) electrons. The van der Waals surface area contributed by atoms with Crippen molar-refractivity contribution < 1.29 is 19.2 Å². The van der Waals surface area contributed by atoms with Gasteiger partial charge in [0, 0.05) is 28.8 Å². The van der Waals surface area contributed by atoms with Crippen molar-refractivity contribution in [2.45, 2.75) is 6.42 Å². The molecular formula is C19H18N2O5S. The van der Waals surface area contributed by atoms with Crippen LogP contribution < -0.4 is 14.8 Å². The van der Waals surface area contributed by atoms with E-state index in [0.717, 1.165) is 10.3 Å². The third kappa shape index (κ3) is 4.17. The molecule has 3 rings (SSSR count). The van der Waals surface area contributed by atoms with Crippen LogP contribution in [-0.2, 0) is 6.42 Å². The lowest BCUT2D eigenvalue weighted by atomic mass is 10.1. The maximum atomic E-state index is 12.4. The molecule has 1 N–H and O–H groups in total. The molecule has 3 aromatic rings. The van der Waals surface area contributed by atoms with Crippen LogP contribution >= 0.6 is 11.3 Å². The van der Waals surface area contributed by atoms with Crippen LogP contribution in [-0.4, -0.2) is 31.6 Å². The van der Waals surface area contributed by atoms with Gasteiger partial charge >= 0.3 is 0 Å². The van der Waals surface area contributed by atoms with Gasteiger partial charge < -0.3 is 14.8 Å². The number of non-ortho nitro benzene ring substituents is 1. The minimum Gasteiger partial charge on any atom is -0.493 e. The normalized spacial score (nSPS) is 10.6. The van der Waals surface area contributed by atoms with E-state index in [1.807, 2.05) is 18.2 Å². The van der Waals surface area contributed by atoms with Gasteiger partial charge in [-0.15, -0.1) is 11.3 Å². The summed E-state index contributed by atoms with van der Waals surface area (Å²) in [6.07, 6.45) is 0.641. The molecule has 7 nitrogen and oxygen atoms in total. The number of rotatable bonds is 7. The first-order valence-electron chi connectivity index (χ1n) is 8.19. The van der Waals surface area contributed by atoms with E-state index in [9.17, 15) is 14.9 Å². The number of nitrogens with zero attached hydrogens (tertiary/aromatic N) is 1. The molecule has 2 aromatic carbocycles. The maximum Gasteiger partial charge on any atom is 0.270 e. The second-order valence-corrected chi connectivity index (χ2v) is 6.87. The average molecular weight is 386 g/mol. The summed E-state index contributed by atoms with van der Waals surface area (Å²) in [6, 6.07) is 11.9. The number of ether oxygens (including phenoxy) is 2. The number of amides is 1. The Balaban J connectivity index is 1.64. The Bertz CT molecular complexity index is 999. The molecule has 0 unspecified atom stereocenters. The predicted molar refractivity (Wildman–Crippen MR) is 104 cm³/mol. The zero-order valence-electron chi connectivity index (χ0n) is 14.9. The number of nitro benzene ring substituents is 1. The van der Waals surface area contributed by atoms with Crippen LogP contribution in [0.15, 0.2) is 42.5 Å². The molecule has 0 spiro atoms. The Morgan fingerprint density at radius 3 is 2.59 bits per heavy atom. The molecule has 0 aliphatic rings. The topological polar surface area (TPSA) is 90.7 Å². The van der Waals surface area contributed by atoms with Crippen molar-refractivity contribution in [3.05, 3.63) is 63.0 Å². The van der Waals surface area contributed by atoms with Gasteiger partial charge in [-0.05, 0) is 36.2 Å². The minimum absolute atomic E-state index is 0.0145. The number of nitrogens with one attached hydrogen (secondary N) is 1. The third-order valence-electron chi connectivity index (χ3n) is 4.08. The van der Waals surface area contributed by atoms with Crippen molar-refractivity contribution in [3.63, 3.8) is 0 Å². The van der Waals surface area contributed by atoms with Crippen LogP contribution in [0.25, 0.3) is 10.1 Å². The minimum atomic E-state index is -0.444. The molecule has 0 aliphatic carbocycles. The highest BCUT2D eigenvalue weighted by Gasteiger charge is 2.13. The monoisotopic (exact) mass is 386 g/mol. The van der Waals surface area contributed by atoms with Gasteiger partial charge in [-0.25, -0.2) is 0 Å². The van der Waals surface area contributed by atoms with Gasteiger partial charge in [-0.1, -0.05) is 6.07 Å². The van der Waals surface area contributed by atoms with E-state index in [-0.39, 0.29) is 11.6 Å². The van der Waals surface area contributed by atoms with E-state index in [1.165, 1.54) is 23.5 Å². The maximum absolute atomic E-state index is 12.4. The fourth-order valence-electron chi connectivity index (χ4n) is 2.70. The van der Waals surface area contributed by atoms with Gasteiger partial charge in [0.1, 0.15) is 0 Å². The van der Waals surface area contributed by atoms with Crippen LogP contribution in [0, 0.1) is 10.1 Å². The molecule has 0 saturated heterocycles. The SMILES string of the molecule is COc1ccc(CCNC(=O)c2cc3cc([N+](=O)[O-])ccc3s2)cc1OC. The summed E-state index contributed by atoms with van der Waals surface area (Å²) in [7, 11) is 3.16. The molecule has 8 heteroatoms. The molecule has 1 aromatic heterocycles. The van der Waals surface area contributed by atoms with Gasteiger partial charge in [0.15, 0.2) is 11.5 Å². The summed E-state index contributed by atoms with van der Waals surface area (Å²) >= 11 is 1.31. The summed E-state index contributed by atoms with van der Waals surface area (Å²) in [5.41, 5.74) is 1.03. The Hall–Kier alpha value is -3.13. The number of carbonyl (C=O) groups excluding carboxylic acids is 1. The number of fused-ring (bicyclic) bond motifs is 1. The van der Waals surface area contributed by atoms with Crippen LogP contribution in [0.3, 0.4) is 0 Å². The fraction of sp³-hybridized carbons (Fsp3) is 0.211. The molecule has 0 saturated carbocycles. The molecule has 0 aliphatic heterocycles. The number of carbonyl (C=O) groups is 1. The first-order chi connectivity index (χ1) is 13.0. The largest absolute Gasteiger partial charge is 0.493 e. The summed E-state index contributed by atoms with van der Waals surface area (Å²) in [6.45, 7) is 0.461. The summed E-state index contributed by atoms with van der Waals surface area (Å²) in [5.74, 6) is 1.11. The second kappa shape index (κ2) is 8.05. The molecule has 27 heavy (non-hydrogen) atoms. The van der Waals surface area contributed by atoms with Crippen molar-refractivity contribution in [3.8, 4) is 11.5 Å². The van der Waals surface area contributed by atoms with Gasteiger partial charge in [-0.2, -0.15) is 0 Å². The molecule has 0 bridgehead atoms. The molecule has 0 fully saturated rings. The number of benzene rings is 2. The molecule has 140 valence electrons. The average Bonchev–Trinajstić information content (AvgIpc) is 3.11. The van der Waals surface area contributed by atoms with E-state index >= 15 is 0 Å². The van der Waals surface area contributed by atoms with Crippen molar-refractivity contribution in [2.24, 2.45) is 0 Å². The Morgan fingerprint density at radius 1 is 1.11 bits per heavy atom. The van der Waals surface area contributed by atoms with Crippen molar-refractivity contribution >= 4 is 33.0 Å². The van der Waals surface area contributed by atoms with Crippen molar-refractivity contribution in [2.75, 3.05) is 20.8 Å². The fourth-order valence-corrected chi connectivity index (χ4v) is 3.66. The van der Waals surface area contributed by atoms with Crippen molar-refractivity contribution in [1.82, 2.24) is 5.32 Å². The summed E-state index contributed by atoms with van der Waals surface area (Å²) < 4.78 is 11.3. The van der Waals surface area contributed by atoms with Crippen LogP contribution in [0.2, 0.25) is 0 Å². The number of hydrogen-bond donors (Lipinski definition) is 1. The van der Waals surface area contributed by atoms with Gasteiger partial charge in [-0.3, -0.25) is 14.9 Å². The van der Waals surface area contributed by atoms with Gasteiger partial charge in [0.2, 0.25) is 0 Å². The molecule has 0 atom stereocenters. The van der Waals surface area contributed by atoms with Crippen LogP contribution in [0.1, 0.15) is 15.2 Å². The number of nitro groups is 1. The Labute approximate surface area is 159 Å². The van der Waals surface area contributed by atoms with Crippen molar-refractivity contribution in [1.29, 1.82) is 0 Å². The first-order valence-corrected chi connectivity index (χ1v) is 9.00. The molecule has 1 heterocycles. The van der Waals surface area contributed by atoms with Gasteiger partial charge in [0.05, 0.1) is 24.0 Å². The lowest BCUT2D eigenvalue weighted by molar-refractivity contribution is -0.384. The van der Waals surface area contributed by atoms with E-state index < -0.39 is 4.92 Å². The van der Waals surface area contributed by atoms with E-state index in [1.54, 1.807) is 26.4 Å². The highest BCUT2D eigenvalue weighted by molar-refractivity contribution is 7.20. The number of thiophene rings is 1. The lowest BCUT2D eigenvalue weighted by Gasteiger charge is -2.10. The third-order valence-corrected chi connectivity index (χ3v) is 5.20. The zero-order valence-corrected chi connectivity index (χ0v) is 15.7. The Kier molecular flexibility index (Phi) is 5.56. The van der Waals surface area contributed by atoms with Crippen LogP contribution in [0.4, 0.5) is 5.69 Å². The summed E-state index contributed by atoms with van der Waals surface area (Å²) in [4.78, 5) is 23.3. The summed E-state index contributed by atoms with van der Waals surface area (Å²) in [5, 5.41) is 14.4. The zero-order chi connectivity index (χ0) is 19.4. The number of methoxy groups -OCH3 is 2. The molecule has 1 amide bonds. The quantitative estimate of drug-likeness (QED) is 0.493. The molecular weight excluding hydrogens is 368 g/mol.